The fraction of sp³-hybridized carbons (Fsp3) is 0.217. The minimum Gasteiger partial charge on any atom is -0.484 e. The molecular formula is C23H22N2O4. The molecule has 0 fully saturated rings. The first-order valence-electron chi connectivity index (χ1n) is 9.63. The van der Waals surface area contributed by atoms with Crippen molar-refractivity contribution >= 4 is 17.5 Å². The summed E-state index contributed by atoms with van der Waals surface area (Å²) in [7, 11) is 0. The van der Waals surface area contributed by atoms with E-state index in [1.54, 1.807) is 42.7 Å². The molecule has 2 amide bonds. The van der Waals surface area contributed by atoms with Gasteiger partial charge in [-0.05, 0) is 66.8 Å². The second-order valence-corrected chi connectivity index (χ2v) is 6.93. The Labute approximate surface area is 168 Å². The van der Waals surface area contributed by atoms with Gasteiger partial charge in [-0.15, -0.1) is 0 Å². The highest BCUT2D eigenvalue weighted by molar-refractivity contribution is 6.04. The molecule has 29 heavy (non-hydrogen) atoms. The normalized spacial score (nSPS) is 12.3. The Morgan fingerprint density at radius 2 is 1.86 bits per heavy atom. The average molecular weight is 390 g/mol. The Kier molecular flexibility index (Phi) is 5.61. The van der Waals surface area contributed by atoms with E-state index in [1.807, 2.05) is 12.1 Å². The number of carbonyl (C=O) groups excluding carboxylic acids is 2. The number of amides is 2. The molecule has 4 rings (SSSR count). The summed E-state index contributed by atoms with van der Waals surface area (Å²) in [6.45, 7) is 0.149. The maximum atomic E-state index is 12.5. The van der Waals surface area contributed by atoms with Gasteiger partial charge >= 0.3 is 0 Å². The third-order valence-corrected chi connectivity index (χ3v) is 4.89. The van der Waals surface area contributed by atoms with Crippen molar-refractivity contribution in [1.29, 1.82) is 0 Å². The summed E-state index contributed by atoms with van der Waals surface area (Å²) in [6.07, 6.45) is 4.88. The summed E-state index contributed by atoms with van der Waals surface area (Å²) in [5.74, 6) is 0.724. The van der Waals surface area contributed by atoms with Crippen molar-refractivity contribution in [3.05, 3.63) is 83.3 Å². The van der Waals surface area contributed by atoms with Crippen LogP contribution in [0, 0.1) is 0 Å². The van der Waals surface area contributed by atoms with Crippen LogP contribution in [0.2, 0.25) is 0 Å². The topological polar surface area (TPSA) is 80.6 Å². The Hall–Kier alpha value is -3.54. The van der Waals surface area contributed by atoms with Gasteiger partial charge in [-0.25, -0.2) is 0 Å². The van der Waals surface area contributed by atoms with Crippen molar-refractivity contribution in [3.63, 3.8) is 0 Å². The third-order valence-electron chi connectivity index (χ3n) is 4.89. The largest absolute Gasteiger partial charge is 0.484 e. The van der Waals surface area contributed by atoms with Crippen LogP contribution in [0.25, 0.3) is 0 Å². The number of hydrogen-bond acceptors (Lipinski definition) is 4. The highest BCUT2D eigenvalue weighted by atomic mass is 16.5. The van der Waals surface area contributed by atoms with Gasteiger partial charge in [0.15, 0.2) is 6.61 Å². The first-order valence-corrected chi connectivity index (χ1v) is 9.63. The summed E-state index contributed by atoms with van der Waals surface area (Å²) in [5, 5.41) is 5.54. The molecule has 3 aromatic rings. The summed E-state index contributed by atoms with van der Waals surface area (Å²) < 4.78 is 10.9. The van der Waals surface area contributed by atoms with Crippen molar-refractivity contribution in [3.8, 4) is 5.75 Å². The van der Waals surface area contributed by atoms with E-state index in [2.05, 4.69) is 16.7 Å². The molecule has 1 aliphatic rings. The molecule has 0 unspecified atom stereocenters. The van der Waals surface area contributed by atoms with Gasteiger partial charge < -0.3 is 19.8 Å². The molecule has 0 bridgehead atoms. The number of hydrogen-bond donors (Lipinski definition) is 2. The van der Waals surface area contributed by atoms with Gasteiger partial charge in [0.2, 0.25) is 0 Å². The number of fused-ring (bicyclic) bond motifs is 1. The molecule has 1 aromatic heterocycles. The Bertz CT molecular complexity index is 1010. The molecule has 0 radical (unpaired) electrons. The molecule has 0 aliphatic heterocycles. The van der Waals surface area contributed by atoms with Crippen molar-refractivity contribution in [2.45, 2.75) is 25.8 Å². The van der Waals surface area contributed by atoms with Crippen molar-refractivity contribution < 1.29 is 18.7 Å². The molecule has 6 nitrogen and oxygen atoms in total. The predicted octanol–water partition coefficient (Wildman–Crippen LogP) is 3.72. The van der Waals surface area contributed by atoms with Crippen molar-refractivity contribution in [1.82, 2.24) is 5.32 Å². The summed E-state index contributed by atoms with van der Waals surface area (Å²) >= 11 is 0. The van der Waals surface area contributed by atoms with E-state index in [4.69, 9.17) is 9.15 Å². The lowest BCUT2D eigenvalue weighted by Crippen LogP contribution is -2.26. The van der Waals surface area contributed by atoms with Gasteiger partial charge in [-0.2, -0.15) is 0 Å². The Morgan fingerprint density at radius 3 is 2.72 bits per heavy atom. The molecule has 2 aromatic carbocycles. The van der Waals surface area contributed by atoms with Gasteiger partial charge in [0.1, 0.15) is 11.5 Å². The third kappa shape index (κ3) is 4.66. The van der Waals surface area contributed by atoms with Crippen LogP contribution in [0.1, 0.15) is 33.7 Å². The first-order chi connectivity index (χ1) is 14.2. The van der Waals surface area contributed by atoms with Crippen LogP contribution in [-0.2, 0) is 24.2 Å². The van der Waals surface area contributed by atoms with Gasteiger partial charge in [-0.3, -0.25) is 9.59 Å². The maximum Gasteiger partial charge on any atom is 0.262 e. The highest BCUT2D eigenvalue weighted by Gasteiger charge is 2.15. The lowest BCUT2D eigenvalue weighted by atomic mass is 10.1. The van der Waals surface area contributed by atoms with E-state index in [9.17, 15) is 9.59 Å². The standard InChI is InChI=1S/C23H22N2O4/c26-22(15-29-18-11-10-16-5-3-6-17(16)13-18)25-21-9-2-1-8-20(21)23(27)24-14-19-7-4-12-28-19/h1-2,4,7-13H,3,5-6,14-15H2,(H,24,27)(H,25,26). The second-order valence-electron chi connectivity index (χ2n) is 6.93. The number of furan rings is 1. The van der Waals surface area contributed by atoms with E-state index in [0.29, 0.717) is 22.8 Å². The fourth-order valence-electron chi connectivity index (χ4n) is 3.44. The zero-order valence-corrected chi connectivity index (χ0v) is 15.9. The monoisotopic (exact) mass is 390 g/mol. The van der Waals surface area contributed by atoms with E-state index in [-0.39, 0.29) is 25.0 Å². The molecular weight excluding hydrogens is 368 g/mol. The molecule has 2 N–H and O–H groups in total. The molecule has 1 aliphatic carbocycles. The number of carbonyl (C=O) groups is 2. The number of rotatable bonds is 7. The summed E-state index contributed by atoms with van der Waals surface area (Å²) in [5.41, 5.74) is 3.47. The number of nitrogens with one attached hydrogen (secondary N) is 2. The molecule has 0 spiro atoms. The Balaban J connectivity index is 1.35. The quantitative estimate of drug-likeness (QED) is 0.644. The van der Waals surface area contributed by atoms with Crippen LogP contribution in [0.4, 0.5) is 5.69 Å². The molecule has 0 saturated heterocycles. The van der Waals surface area contributed by atoms with Crippen molar-refractivity contribution in [2.75, 3.05) is 11.9 Å². The Morgan fingerprint density at radius 1 is 1.00 bits per heavy atom. The summed E-state index contributed by atoms with van der Waals surface area (Å²) in [6, 6.07) is 16.4. The number of benzene rings is 2. The fourth-order valence-corrected chi connectivity index (χ4v) is 3.44. The summed E-state index contributed by atoms with van der Waals surface area (Å²) in [4.78, 5) is 24.9. The zero-order valence-electron chi connectivity index (χ0n) is 15.9. The molecule has 0 saturated carbocycles. The lowest BCUT2D eigenvalue weighted by Gasteiger charge is -2.12. The number of ether oxygens (including phenoxy) is 1. The van der Waals surface area contributed by atoms with E-state index in [0.717, 1.165) is 19.3 Å². The molecule has 148 valence electrons. The maximum absolute atomic E-state index is 12.5. The zero-order chi connectivity index (χ0) is 20.1. The number of aryl methyl sites for hydroxylation is 2. The van der Waals surface area contributed by atoms with Gasteiger partial charge in [-0.1, -0.05) is 18.2 Å². The molecule has 1 heterocycles. The minimum absolute atomic E-state index is 0.124. The minimum atomic E-state index is -0.322. The van der Waals surface area contributed by atoms with Crippen LogP contribution < -0.4 is 15.4 Å². The van der Waals surface area contributed by atoms with Crippen LogP contribution in [-0.4, -0.2) is 18.4 Å². The van der Waals surface area contributed by atoms with E-state index < -0.39 is 0 Å². The predicted molar refractivity (Wildman–Crippen MR) is 109 cm³/mol. The van der Waals surface area contributed by atoms with Crippen LogP contribution in [0.3, 0.4) is 0 Å². The smallest absolute Gasteiger partial charge is 0.262 e. The van der Waals surface area contributed by atoms with E-state index in [1.165, 1.54) is 11.1 Å². The van der Waals surface area contributed by atoms with Crippen molar-refractivity contribution in [2.24, 2.45) is 0 Å². The SMILES string of the molecule is O=C(COc1ccc2c(c1)CCC2)Nc1ccccc1C(=O)NCc1ccco1. The highest BCUT2D eigenvalue weighted by Crippen LogP contribution is 2.26. The van der Waals surface area contributed by atoms with E-state index >= 15 is 0 Å². The number of anilines is 1. The average Bonchev–Trinajstić information content (AvgIpc) is 3.42. The van der Waals surface area contributed by atoms with Crippen LogP contribution in [0.15, 0.2) is 65.3 Å². The van der Waals surface area contributed by atoms with Gasteiger partial charge in [0.25, 0.3) is 11.8 Å². The number of para-hydroxylation sites is 1. The van der Waals surface area contributed by atoms with Gasteiger partial charge in [0, 0.05) is 0 Å². The second kappa shape index (κ2) is 8.65. The first kappa shape index (κ1) is 18.8. The van der Waals surface area contributed by atoms with Crippen LogP contribution >= 0.6 is 0 Å². The molecule has 6 heteroatoms. The van der Waals surface area contributed by atoms with Gasteiger partial charge in [0.05, 0.1) is 24.1 Å². The lowest BCUT2D eigenvalue weighted by molar-refractivity contribution is -0.118. The van der Waals surface area contributed by atoms with Crippen LogP contribution in [0.5, 0.6) is 5.75 Å². The molecule has 0 atom stereocenters.